The van der Waals surface area contributed by atoms with Gasteiger partial charge < -0.3 is 10.6 Å². The van der Waals surface area contributed by atoms with E-state index < -0.39 is 0 Å². The second-order valence-corrected chi connectivity index (χ2v) is 5.43. The van der Waals surface area contributed by atoms with Gasteiger partial charge in [0.1, 0.15) is 0 Å². The molecular weight excluding hydrogens is 236 g/mol. The molecule has 0 aromatic carbocycles. The lowest BCUT2D eigenvalue weighted by Crippen LogP contribution is -2.50. The van der Waals surface area contributed by atoms with E-state index in [2.05, 4.69) is 17.6 Å². The minimum absolute atomic E-state index is 0. The van der Waals surface area contributed by atoms with E-state index in [0.717, 1.165) is 19.5 Å². The Hall–Kier alpha value is -0.280. The molecule has 2 aliphatic rings. The van der Waals surface area contributed by atoms with Crippen LogP contribution in [0.5, 0.6) is 0 Å². The maximum absolute atomic E-state index is 11.9. The predicted octanol–water partition coefficient (Wildman–Crippen LogP) is 2.25. The summed E-state index contributed by atoms with van der Waals surface area (Å²) >= 11 is 0. The first kappa shape index (κ1) is 14.8. The molecule has 1 heterocycles. The zero-order valence-corrected chi connectivity index (χ0v) is 11.6. The van der Waals surface area contributed by atoms with Crippen molar-refractivity contribution in [3.8, 4) is 0 Å². The summed E-state index contributed by atoms with van der Waals surface area (Å²) in [6.07, 6.45) is 8.53. The van der Waals surface area contributed by atoms with Gasteiger partial charge >= 0.3 is 0 Å². The molecule has 0 aromatic heterocycles. The Balaban J connectivity index is 0.00000144. The van der Waals surface area contributed by atoms with Crippen molar-refractivity contribution in [1.82, 2.24) is 10.6 Å². The van der Waals surface area contributed by atoms with Gasteiger partial charge in [-0.1, -0.05) is 19.8 Å². The second-order valence-electron chi connectivity index (χ2n) is 5.43. The van der Waals surface area contributed by atoms with E-state index in [1.807, 2.05) is 0 Å². The minimum Gasteiger partial charge on any atom is -0.354 e. The Morgan fingerprint density at radius 2 is 2.12 bits per heavy atom. The first-order valence-corrected chi connectivity index (χ1v) is 6.77. The monoisotopic (exact) mass is 260 g/mol. The topological polar surface area (TPSA) is 41.1 Å². The van der Waals surface area contributed by atoms with Gasteiger partial charge in [0.05, 0.1) is 6.04 Å². The molecule has 3 nitrogen and oxygen atoms in total. The Bertz CT molecular complexity index is 242. The summed E-state index contributed by atoms with van der Waals surface area (Å²) in [6, 6.07) is 0.0720. The van der Waals surface area contributed by atoms with Crippen LogP contribution in [-0.2, 0) is 4.79 Å². The van der Waals surface area contributed by atoms with Crippen molar-refractivity contribution in [3.63, 3.8) is 0 Å². The molecule has 2 fully saturated rings. The van der Waals surface area contributed by atoms with Crippen LogP contribution in [-0.4, -0.2) is 25.0 Å². The van der Waals surface area contributed by atoms with Crippen LogP contribution in [0.4, 0.5) is 0 Å². The van der Waals surface area contributed by atoms with Crippen molar-refractivity contribution in [2.75, 3.05) is 13.1 Å². The number of hydrogen-bond acceptors (Lipinski definition) is 2. The molecule has 0 bridgehead atoms. The van der Waals surface area contributed by atoms with Crippen LogP contribution in [0.3, 0.4) is 0 Å². The Kier molecular flexibility index (Phi) is 5.74. The summed E-state index contributed by atoms with van der Waals surface area (Å²) in [5.41, 5.74) is 0.435. The van der Waals surface area contributed by atoms with Crippen LogP contribution >= 0.6 is 12.4 Å². The van der Waals surface area contributed by atoms with Crippen molar-refractivity contribution >= 4 is 18.3 Å². The van der Waals surface area contributed by atoms with Gasteiger partial charge in [-0.2, -0.15) is 0 Å². The molecule has 0 radical (unpaired) electrons. The van der Waals surface area contributed by atoms with Crippen molar-refractivity contribution in [3.05, 3.63) is 0 Å². The largest absolute Gasteiger partial charge is 0.354 e. The smallest absolute Gasteiger partial charge is 0.237 e. The first-order chi connectivity index (χ1) is 7.76. The molecule has 2 N–H and O–H groups in total. The lowest BCUT2D eigenvalue weighted by atomic mass is 9.67. The molecule has 1 amide bonds. The minimum atomic E-state index is 0. The molecule has 1 saturated carbocycles. The van der Waals surface area contributed by atoms with Crippen LogP contribution < -0.4 is 10.6 Å². The fraction of sp³-hybridized carbons (Fsp3) is 0.923. The standard InChI is InChI=1S/C13H24N2O.ClH/c1-2-13(7-5-8-13)10-15-12(16)11-6-3-4-9-14-11;/h11,14H,2-10H2,1H3,(H,15,16);1H/t11-;/m1./s1. The third kappa shape index (κ3) is 3.59. The van der Waals surface area contributed by atoms with Gasteiger partial charge in [0.2, 0.25) is 5.91 Å². The molecule has 2 rings (SSSR count). The number of carbonyl (C=O) groups excluding carboxylic acids is 1. The van der Waals surface area contributed by atoms with Crippen molar-refractivity contribution in [1.29, 1.82) is 0 Å². The number of hydrogen-bond donors (Lipinski definition) is 2. The van der Waals surface area contributed by atoms with E-state index in [4.69, 9.17) is 0 Å². The molecule has 17 heavy (non-hydrogen) atoms. The van der Waals surface area contributed by atoms with Gasteiger partial charge in [-0.25, -0.2) is 0 Å². The summed E-state index contributed by atoms with van der Waals surface area (Å²) in [6.45, 7) is 4.13. The number of rotatable bonds is 4. The third-order valence-electron chi connectivity index (χ3n) is 4.43. The van der Waals surface area contributed by atoms with Crippen LogP contribution in [0.1, 0.15) is 51.9 Å². The molecule has 1 aliphatic heterocycles. The summed E-state index contributed by atoms with van der Waals surface area (Å²) in [4.78, 5) is 11.9. The van der Waals surface area contributed by atoms with E-state index in [0.29, 0.717) is 5.41 Å². The Labute approximate surface area is 111 Å². The van der Waals surface area contributed by atoms with Gasteiger partial charge in [-0.3, -0.25) is 4.79 Å². The highest BCUT2D eigenvalue weighted by molar-refractivity contribution is 5.85. The molecule has 1 atom stereocenters. The Morgan fingerprint density at radius 3 is 2.59 bits per heavy atom. The summed E-state index contributed by atoms with van der Waals surface area (Å²) in [7, 11) is 0. The highest BCUT2D eigenvalue weighted by Crippen LogP contribution is 2.43. The molecule has 1 aliphatic carbocycles. The molecule has 100 valence electrons. The average Bonchev–Trinajstić information content (AvgIpc) is 2.29. The van der Waals surface area contributed by atoms with Crippen LogP contribution in [0, 0.1) is 5.41 Å². The van der Waals surface area contributed by atoms with E-state index in [-0.39, 0.29) is 24.4 Å². The first-order valence-electron chi connectivity index (χ1n) is 6.77. The van der Waals surface area contributed by atoms with Gasteiger partial charge in [0, 0.05) is 6.54 Å². The lowest BCUT2D eigenvalue weighted by molar-refractivity contribution is -0.124. The van der Waals surface area contributed by atoms with Gasteiger partial charge in [-0.15, -0.1) is 12.4 Å². The van der Waals surface area contributed by atoms with Crippen molar-refractivity contribution in [2.45, 2.75) is 57.9 Å². The molecular formula is C13H25ClN2O. The van der Waals surface area contributed by atoms with Crippen LogP contribution in [0.15, 0.2) is 0 Å². The molecule has 0 spiro atoms. The molecule has 0 unspecified atom stereocenters. The fourth-order valence-electron chi connectivity index (χ4n) is 2.81. The highest BCUT2D eigenvalue weighted by Gasteiger charge is 2.35. The van der Waals surface area contributed by atoms with E-state index in [1.54, 1.807) is 0 Å². The van der Waals surface area contributed by atoms with Crippen molar-refractivity contribution < 1.29 is 4.79 Å². The van der Waals surface area contributed by atoms with Crippen LogP contribution in [0.25, 0.3) is 0 Å². The van der Waals surface area contributed by atoms with Crippen molar-refractivity contribution in [2.24, 2.45) is 5.41 Å². The number of piperidine rings is 1. The third-order valence-corrected chi connectivity index (χ3v) is 4.43. The summed E-state index contributed by atoms with van der Waals surface area (Å²) in [5, 5.41) is 6.44. The van der Waals surface area contributed by atoms with E-state index in [1.165, 1.54) is 38.5 Å². The van der Waals surface area contributed by atoms with E-state index >= 15 is 0 Å². The number of halogens is 1. The molecule has 0 aromatic rings. The number of nitrogens with one attached hydrogen (secondary N) is 2. The number of amides is 1. The van der Waals surface area contributed by atoms with Gasteiger partial charge in [0.15, 0.2) is 0 Å². The zero-order chi connectivity index (χ0) is 11.4. The average molecular weight is 261 g/mol. The molecule has 1 saturated heterocycles. The quantitative estimate of drug-likeness (QED) is 0.814. The van der Waals surface area contributed by atoms with Crippen LogP contribution in [0.2, 0.25) is 0 Å². The van der Waals surface area contributed by atoms with Gasteiger partial charge in [0.25, 0.3) is 0 Å². The fourth-order valence-corrected chi connectivity index (χ4v) is 2.81. The van der Waals surface area contributed by atoms with E-state index in [9.17, 15) is 4.79 Å². The maximum atomic E-state index is 11.9. The van der Waals surface area contributed by atoms with Gasteiger partial charge in [-0.05, 0) is 44.1 Å². The second kappa shape index (κ2) is 6.60. The zero-order valence-electron chi connectivity index (χ0n) is 10.8. The predicted molar refractivity (Wildman–Crippen MR) is 72.5 cm³/mol. The normalized spacial score (nSPS) is 26.5. The lowest BCUT2D eigenvalue weighted by Gasteiger charge is -2.41. The Morgan fingerprint density at radius 1 is 1.35 bits per heavy atom. The summed E-state index contributed by atoms with van der Waals surface area (Å²) in [5.74, 6) is 0.222. The number of carbonyl (C=O) groups is 1. The molecule has 4 heteroatoms. The maximum Gasteiger partial charge on any atom is 0.237 e. The highest BCUT2D eigenvalue weighted by atomic mass is 35.5. The SMILES string of the molecule is CCC1(CNC(=O)[C@H]2CCCCN2)CCC1.Cl. The summed E-state index contributed by atoms with van der Waals surface area (Å²) < 4.78 is 0.